The van der Waals surface area contributed by atoms with Crippen LogP contribution < -0.4 is 35.9 Å². The summed E-state index contributed by atoms with van der Waals surface area (Å²) in [6, 6.07) is 15.1. The van der Waals surface area contributed by atoms with Crippen LogP contribution in [0.3, 0.4) is 0 Å². The Hall–Kier alpha value is -4.73. The molecule has 1 aromatic heterocycles. The van der Waals surface area contributed by atoms with E-state index < -0.39 is 17.2 Å². The number of benzene rings is 3. The summed E-state index contributed by atoms with van der Waals surface area (Å²) < 4.78 is 24.2. The van der Waals surface area contributed by atoms with Gasteiger partial charge in [0, 0.05) is 5.56 Å². The molecule has 10 heteroatoms. The first kappa shape index (κ1) is 20.8. The second kappa shape index (κ2) is 7.94. The summed E-state index contributed by atoms with van der Waals surface area (Å²) in [6.07, 6.45) is 0. The van der Waals surface area contributed by atoms with Crippen LogP contribution in [-0.2, 0) is 13.1 Å². The summed E-state index contributed by atoms with van der Waals surface area (Å²) in [5, 5.41) is 0.211. The van der Waals surface area contributed by atoms with Gasteiger partial charge in [-0.2, -0.15) is 0 Å². The van der Waals surface area contributed by atoms with Crippen LogP contribution in [-0.4, -0.2) is 28.6 Å². The van der Waals surface area contributed by atoms with Crippen molar-refractivity contribution in [2.75, 3.05) is 13.6 Å². The number of aromatic nitrogens is 2. The highest BCUT2D eigenvalue weighted by Gasteiger charge is 2.19. The Morgan fingerprint density at radius 1 is 0.743 bits per heavy atom. The number of nitrogens with zero attached hydrogens (tertiary/aromatic N) is 2. The number of fused-ring (bicyclic) bond motifs is 3. The maximum atomic E-state index is 13.6. The van der Waals surface area contributed by atoms with Crippen LogP contribution in [0.2, 0.25) is 0 Å². The van der Waals surface area contributed by atoms with Crippen molar-refractivity contribution in [2.45, 2.75) is 13.1 Å². The van der Waals surface area contributed by atoms with Crippen LogP contribution in [0.1, 0.15) is 21.5 Å². The molecule has 0 unspecified atom stereocenters. The predicted molar refractivity (Wildman–Crippen MR) is 124 cm³/mol. The van der Waals surface area contributed by atoms with Gasteiger partial charge in [-0.1, -0.05) is 12.1 Å². The lowest BCUT2D eigenvalue weighted by Gasteiger charge is -2.15. The fourth-order valence-electron chi connectivity index (χ4n) is 4.31. The zero-order chi connectivity index (χ0) is 24.1. The van der Waals surface area contributed by atoms with E-state index in [1.54, 1.807) is 36.4 Å². The molecule has 2 N–H and O–H groups in total. The van der Waals surface area contributed by atoms with Crippen molar-refractivity contribution in [3.8, 4) is 23.0 Å². The molecule has 0 radical (unpaired) electrons. The Morgan fingerprint density at radius 3 is 1.91 bits per heavy atom. The Morgan fingerprint density at radius 2 is 1.31 bits per heavy atom. The Kier molecular flexibility index (Phi) is 4.73. The minimum Gasteiger partial charge on any atom is -0.454 e. The zero-order valence-electron chi connectivity index (χ0n) is 18.4. The van der Waals surface area contributed by atoms with E-state index in [9.17, 15) is 14.4 Å². The molecule has 0 atom stereocenters. The lowest BCUT2D eigenvalue weighted by atomic mass is 10.1. The zero-order valence-corrected chi connectivity index (χ0v) is 18.4. The predicted octanol–water partition coefficient (Wildman–Crippen LogP) is 1.82. The van der Waals surface area contributed by atoms with E-state index in [0.717, 1.165) is 10.1 Å². The average molecular weight is 473 g/mol. The van der Waals surface area contributed by atoms with Gasteiger partial charge in [-0.25, -0.2) is 4.79 Å². The standard InChI is InChI=1S/C25H19N3O7/c26-23(29)16-3-4-18-17(9-16)24(30)28(11-15-2-6-20-22(8-15)35-13-33-20)25(31)27(18)10-14-1-5-19-21(7-14)34-12-32-19/h1-9H,10-13H2,(H2,26,29). The topological polar surface area (TPSA) is 124 Å². The first-order chi connectivity index (χ1) is 17.0. The van der Waals surface area contributed by atoms with Crippen molar-refractivity contribution in [1.82, 2.24) is 9.13 Å². The van der Waals surface area contributed by atoms with Crippen LogP contribution in [0, 0.1) is 0 Å². The number of rotatable bonds is 5. The highest BCUT2D eigenvalue weighted by molar-refractivity contribution is 5.96. The van der Waals surface area contributed by atoms with Crippen molar-refractivity contribution in [3.05, 3.63) is 92.1 Å². The van der Waals surface area contributed by atoms with Gasteiger partial charge >= 0.3 is 5.69 Å². The Labute approximate surface area is 197 Å². The first-order valence-corrected chi connectivity index (χ1v) is 10.8. The van der Waals surface area contributed by atoms with Crippen LogP contribution in [0.4, 0.5) is 0 Å². The molecule has 0 aliphatic carbocycles. The molecule has 35 heavy (non-hydrogen) atoms. The molecular weight excluding hydrogens is 454 g/mol. The molecule has 0 fully saturated rings. The average Bonchev–Trinajstić information content (AvgIpc) is 3.52. The molecule has 6 rings (SSSR count). The van der Waals surface area contributed by atoms with E-state index >= 15 is 0 Å². The fraction of sp³-hybridized carbons (Fsp3) is 0.160. The third-order valence-electron chi connectivity index (χ3n) is 6.06. The number of carbonyl (C=O) groups excluding carboxylic acids is 1. The number of primary amides is 1. The number of amides is 1. The number of ether oxygens (including phenoxy) is 4. The Bertz CT molecular complexity index is 1640. The van der Waals surface area contributed by atoms with E-state index in [0.29, 0.717) is 34.1 Å². The van der Waals surface area contributed by atoms with Crippen LogP contribution in [0.25, 0.3) is 10.9 Å². The lowest BCUT2D eigenvalue weighted by molar-refractivity contribution is 0.100. The van der Waals surface area contributed by atoms with Gasteiger partial charge < -0.3 is 24.7 Å². The lowest BCUT2D eigenvalue weighted by Crippen LogP contribution is -2.40. The van der Waals surface area contributed by atoms with Gasteiger partial charge in [0.1, 0.15) is 0 Å². The molecule has 2 aliphatic rings. The third-order valence-corrected chi connectivity index (χ3v) is 6.06. The van der Waals surface area contributed by atoms with Crippen molar-refractivity contribution in [1.29, 1.82) is 0 Å². The highest BCUT2D eigenvalue weighted by atomic mass is 16.7. The van der Waals surface area contributed by atoms with Gasteiger partial charge in [0.25, 0.3) is 5.56 Å². The molecule has 4 aromatic rings. The summed E-state index contributed by atoms with van der Waals surface area (Å²) >= 11 is 0. The number of hydrogen-bond donors (Lipinski definition) is 1. The number of nitrogens with two attached hydrogens (primary N) is 1. The van der Waals surface area contributed by atoms with E-state index in [4.69, 9.17) is 24.7 Å². The van der Waals surface area contributed by atoms with Gasteiger partial charge in [-0.05, 0) is 53.6 Å². The second-order valence-corrected chi connectivity index (χ2v) is 8.23. The molecule has 3 heterocycles. The smallest absolute Gasteiger partial charge is 0.332 e. The summed E-state index contributed by atoms with van der Waals surface area (Å²) in [5.41, 5.74) is 6.47. The normalized spacial score (nSPS) is 13.4. The van der Waals surface area contributed by atoms with Gasteiger partial charge in [0.05, 0.1) is 24.0 Å². The van der Waals surface area contributed by atoms with E-state index in [2.05, 4.69) is 0 Å². The van der Waals surface area contributed by atoms with E-state index in [1.165, 1.54) is 16.7 Å². The van der Waals surface area contributed by atoms with Gasteiger partial charge in [-0.15, -0.1) is 0 Å². The molecule has 1 amide bonds. The summed E-state index contributed by atoms with van der Waals surface area (Å²) in [7, 11) is 0. The first-order valence-electron chi connectivity index (χ1n) is 10.8. The monoisotopic (exact) mass is 473 g/mol. The molecule has 0 bridgehead atoms. The minimum absolute atomic E-state index is 0.00614. The van der Waals surface area contributed by atoms with E-state index in [1.807, 2.05) is 6.07 Å². The maximum absolute atomic E-state index is 13.6. The molecule has 10 nitrogen and oxygen atoms in total. The molecule has 176 valence electrons. The van der Waals surface area contributed by atoms with E-state index in [-0.39, 0.29) is 37.6 Å². The van der Waals surface area contributed by atoms with Gasteiger partial charge in [-0.3, -0.25) is 18.7 Å². The quantitative estimate of drug-likeness (QED) is 0.469. The van der Waals surface area contributed by atoms with Crippen molar-refractivity contribution in [2.24, 2.45) is 5.73 Å². The number of hydrogen-bond acceptors (Lipinski definition) is 7. The molecular formula is C25H19N3O7. The van der Waals surface area contributed by atoms with Crippen LogP contribution >= 0.6 is 0 Å². The largest absolute Gasteiger partial charge is 0.454 e. The van der Waals surface area contributed by atoms with Crippen molar-refractivity contribution < 1.29 is 23.7 Å². The van der Waals surface area contributed by atoms with Gasteiger partial charge in [0.15, 0.2) is 23.0 Å². The highest BCUT2D eigenvalue weighted by Crippen LogP contribution is 2.33. The summed E-state index contributed by atoms with van der Waals surface area (Å²) in [6.45, 7) is 0.431. The van der Waals surface area contributed by atoms with Crippen molar-refractivity contribution in [3.63, 3.8) is 0 Å². The number of carbonyl (C=O) groups is 1. The SMILES string of the molecule is NC(=O)c1ccc2c(c1)c(=O)n(Cc1ccc3c(c1)OCO3)c(=O)n2Cc1ccc2c(c1)OCO2. The molecule has 0 saturated carbocycles. The molecule has 0 spiro atoms. The maximum Gasteiger partial charge on any atom is 0.332 e. The van der Waals surface area contributed by atoms with Crippen molar-refractivity contribution >= 4 is 16.8 Å². The summed E-state index contributed by atoms with van der Waals surface area (Å²) in [4.78, 5) is 38.8. The molecule has 3 aromatic carbocycles. The van der Waals surface area contributed by atoms with Gasteiger partial charge in [0.2, 0.25) is 19.5 Å². The Balaban J connectivity index is 1.50. The van der Waals surface area contributed by atoms with Crippen LogP contribution in [0.15, 0.2) is 64.2 Å². The third kappa shape index (κ3) is 3.55. The molecule has 0 saturated heterocycles. The molecule has 2 aliphatic heterocycles. The second-order valence-electron chi connectivity index (χ2n) is 8.23. The van der Waals surface area contributed by atoms with Crippen LogP contribution in [0.5, 0.6) is 23.0 Å². The minimum atomic E-state index is -0.665. The summed E-state index contributed by atoms with van der Waals surface area (Å²) in [5.74, 6) is 1.70. The fourth-order valence-corrected chi connectivity index (χ4v) is 4.31.